The smallest absolute Gasteiger partial charge is 0.272 e. The lowest BCUT2D eigenvalue weighted by Gasteiger charge is -2.08. The van der Waals surface area contributed by atoms with Crippen LogP contribution >= 0.6 is 0 Å². The van der Waals surface area contributed by atoms with Gasteiger partial charge in [-0.15, -0.1) is 0 Å². The van der Waals surface area contributed by atoms with E-state index in [1.165, 1.54) is 0 Å². The van der Waals surface area contributed by atoms with Crippen LogP contribution in [0.25, 0.3) is 11.0 Å². The molecule has 26 heavy (non-hydrogen) atoms. The highest BCUT2D eigenvalue weighted by molar-refractivity contribution is 5.92. The van der Waals surface area contributed by atoms with Gasteiger partial charge in [-0.05, 0) is 32.0 Å². The number of aromatic amines is 2. The van der Waals surface area contributed by atoms with Crippen LogP contribution in [0.3, 0.4) is 0 Å². The minimum atomic E-state index is -0.315. The van der Waals surface area contributed by atoms with E-state index in [1.807, 2.05) is 42.7 Å². The highest BCUT2D eigenvalue weighted by Crippen LogP contribution is 2.14. The molecule has 1 amide bonds. The SMILES string of the molecule is Cc1nc(C(C)NC(=O)c2cc(Cn3cnc4ccccc43)[nH]n2)n[nH]1. The number of carbonyl (C=O) groups excluding carboxylic acids is 1. The fourth-order valence-corrected chi connectivity index (χ4v) is 2.77. The Morgan fingerprint density at radius 2 is 2.12 bits per heavy atom. The highest BCUT2D eigenvalue weighted by Gasteiger charge is 2.17. The van der Waals surface area contributed by atoms with E-state index in [4.69, 9.17) is 0 Å². The minimum Gasteiger partial charge on any atom is -0.341 e. The van der Waals surface area contributed by atoms with Crippen LogP contribution in [0.2, 0.25) is 0 Å². The summed E-state index contributed by atoms with van der Waals surface area (Å²) in [5.74, 6) is 0.963. The Morgan fingerprint density at radius 3 is 2.92 bits per heavy atom. The summed E-state index contributed by atoms with van der Waals surface area (Å²) in [5.41, 5.74) is 3.10. The Hall–Kier alpha value is -3.49. The van der Waals surface area contributed by atoms with E-state index in [-0.39, 0.29) is 11.9 Å². The molecule has 1 aromatic carbocycles. The number of para-hydroxylation sites is 2. The number of aryl methyl sites for hydroxylation is 1. The summed E-state index contributed by atoms with van der Waals surface area (Å²) in [4.78, 5) is 21.0. The Kier molecular flexibility index (Phi) is 3.96. The molecule has 0 aliphatic heterocycles. The number of hydrogen-bond acceptors (Lipinski definition) is 5. The number of amides is 1. The topological polar surface area (TPSA) is 117 Å². The molecule has 0 saturated carbocycles. The summed E-state index contributed by atoms with van der Waals surface area (Å²) >= 11 is 0. The number of hydrogen-bond donors (Lipinski definition) is 3. The number of nitrogens with zero attached hydrogens (tertiary/aromatic N) is 5. The fraction of sp³-hybridized carbons (Fsp3) is 0.235. The first-order valence-corrected chi connectivity index (χ1v) is 8.24. The number of benzene rings is 1. The number of aromatic nitrogens is 7. The molecule has 4 rings (SSSR count). The lowest BCUT2D eigenvalue weighted by atomic mass is 10.2. The van der Waals surface area contributed by atoms with Gasteiger partial charge in [0.05, 0.1) is 35.6 Å². The highest BCUT2D eigenvalue weighted by atomic mass is 16.2. The molecule has 0 spiro atoms. The summed E-state index contributed by atoms with van der Waals surface area (Å²) in [6.45, 7) is 4.19. The average Bonchev–Trinajstić information content (AvgIpc) is 3.36. The maximum atomic E-state index is 12.4. The molecule has 0 fully saturated rings. The largest absolute Gasteiger partial charge is 0.341 e. The second-order valence-corrected chi connectivity index (χ2v) is 6.11. The van der Waals surface area contributed by atoms with E-state index in [9.17, 15) is 4.79 Å². The number of H-pyrrole nitrogens is 2. The Bertz CT molecular complexity index is 1060. The third kappa shape index (κ3) is 3.06. The predicted molar refractivity (Wildman–Crippen MR) is 94.4 cm³/mol. The van der Waals surface area contributed by atoms with Gasteiger partial charge in [0.15, 0.2) is 5.82 Å². The molecule has 9 nitrogen and oxygen atoms in total. The van der Waals surface area contributed by atoms with Gasteiger partial charge in [-0.2, -0.15) is 10.2 Å². The van der Waals surface area contributed by atoms with Crippen LogP contribution in [-0.4, -0.2) is 40.8 Å². The van der Waals surface area contributed by atoms with E-state index >= 15 is 0 Å². The standard InChI is InChI=1S/C17H18N8O/c1-10(16-20-11(2)21-24-16)19-17(26)14-7-12(22-23-14)8-25-9-18-13-5-3-4-6-15(13)25/h3-7,9-10H,8H2,1-2H3,(H,19,26)(H,22,23)(H,20,21,24). The van der Waals surface area contributed by atoms with Gasteiger partial charge in [0.1, 0.15) is 11.5 Å². The van der Waals surface area contributed by atoms with Crippen molar-refractivity contribution in [1.29, 1.82) is 0 Å². The Balaban J connectivity index is 1.46. The minimum absolute atomic E-state index is 0.280. The monoisotopic (exact) mass is 350 g/mol. The number of nitrogens with one attached hydrogen (secondary N) is 3. The number of fused-ring (bicyclic) bond motifs is 1. The Labute approximate surface area is 148 Å². The molecule has 1 atom stereocenters. The van der Waals surface area contributed by atoms with Crippen molar-refractivity contribution in [1.82, 2.24) is 40.2 Å². The van der Waals surface area contributed by atoms with Gasteiger partial charge in [-0.3, -0.25) is 15.0 Å². The molecule has 0 aliphatic carbocycles. The van der Waals surface area contributed by atoms with Crippen LogP contribution < -0.4 is 5.32 Å². The first-order valence-electron chi connectivity index (χ1n) is 8.24. The van der Waals surface area contributed by atoms with Crippen LogP contribution in [-0.2, 0) is 6.54 Å². The lowest BCUT2D eigenvalue weighted by molar-refractivity contribution is 0.0933. The summed E-state index contributed by atoms with van der Waals surface area (Å²) in [7, 11) is 0. The number of rotatable bonds is 5. The van der Waals surface area contributed by atoms with Crippen molar-refractivity contribution in [2.45, 2.75) is 26.4 Å². The molecule has 1 unspecified atom stereocenters. The van der Waals surface area contributed by atoms with Crippen molar-refractivity contribution in [2.24, 2.45) is 0 Å². The van der Waals surface area contributed by atoms with Crippen LogP contribution in [0.15, 0.2) is 36.7 Å². The first kappa shape index (κ1) is 16.0. The van der Waals surface area contributed by atoms with E-state index < -0.39 is 0 Å². The molecular formula is C17H18N8O. The average molecular weight is 350 g/mol. The van der Waals surface area contributed by atoms with Gasteiger partial charge in [0.25, 0.3) is 5.91 Å². The molecule has 4 aromatic rings. The molecule has 0 radical (unpaired) electrons. The maximum absolute atomic E-state index is 12.4. The van der Waals surface area contributed by atoms with Gasteiger partial charge in [0, 0.05) is 0 Å². The van der Waals surface area contributed by atoms with E-state index in [2.05, 4.69) is 35.7 Å². The zero-order valence-electron chi connectivity index (χ0n) is 14.4. The number of carbonyl (C=O) groups is 1. The van der Waals surface area contributed by atoms with Crippen LogP contribution in [0.5, 0.6) is 0 Å². The second kappa shape index (κ2) is 6.43. The predicted octanol–water partition coefficient (Wildman–Crippen LogP) is 1.73. The summed E-state index contributed by atoms with van der Waals surface area (Å²) in [6.07, 6.45) is 1.78. The molecule has 3 heterocycles. The lowest BCUT2D eigenvalue weighted by Crippen LogP contribution is -2.27. The third-order valence-corrected chi connectivity index (χ3v) is 4.08. The second-order valence-electron chi connectivity index (χ2n) is 6.11. The van der Waals surface area contributed by atoms with Crippen molar-refractivity contribution >= 4 is 16.9 Å². The molecule has 9 heteroatoms. The summed E-state index contributed by atoms with van der Waals surface area (Å²) in [5, 5.41) is 16.7. The Morgan fingerprint density at radius 1 is 1.27 bits per heavy atom. The van der Waals surface area contributed by atoms with Crippen LogP contribution in [0.4, 0.5) is 0 Å². The zero-order chi connectivity index (χ0) is 18.1. The summed E-state index contributed by atoms with van der Waals surface area (Å²) in [6, 6.07) is 9.31. The van der Waals surface area contributed by atoms with Crippen LogP contribution in [0, 0.1) is 6.92 Å². The van der Waals surface area contributed by atoms with Crippen molar-refractivity contribution in [2.75, 3.05) is 0 Å². The normalized spacial score (nSPS) is 12.4. The molecule has 132 valence electrons. The maximum Gasteiger partial charge on any atom is 0.272 e. The van der Waals surface area contributed by atoms with Gasteiger partial charge >= 0.3 is 0 Å². The molecule has 0 bridgehead atoms. The van der Waals surface area contributed by atoms with Crippen LogP contribution in [0.1, 0.15) is 40.8 Å². The zero-order valence-corrected chi connectivity index (χ0v) is 14.4. The van der Waals surface area contributed by atoms with Crippen molar-refractivity contribution < 1.29 is 4.79 Å². The third-order valence-electron chi connectivity index (χ3n) is 4.08. The summed E-state index contributed by atoms with van der Waals surface area (Å²) < 4.78 is 2.00. The van der Waals surface area contributed by atoms with Gasteiger partial charge in [-0.25, -0.2) is 9.97 Å². The van der Waals surface area contributed by atoms with E-state index in [0.717, 1.165) is 16.7 Å². The van der Waals surface area contributed by atoms with Crippen molar-refractivity contribution in [3.8, 4) is 0 Å². The number of imidazole rings is 1. The van der Waals surface area contributed by atoms with Crippen molar-refractivity contribution in [3.05, 3.63) is 59.7 Å². The van der Waals surface area contributed by atoms with E-state index in [0.29, 0.717) is 23.9 Å². The van der Waals surface area contributed by atoms with Gasteiger partial charge in [-0.1, -0.05) is 12.1 Å². The fourth-order valence-electron chi connectivity index (χ4n) is 2.77. The molecule has 0 saturated heterocycles. The molecule has 3 aromatic heterocycles. The van der Waals surface area contributed by atoms with Crippen molar-refractivity contribution in [3.63, 3.8) is 0 Å². The van der Waals surface area contributed by atoms with Gasteiger partial charge in [0.2, 0.25) is 0 Å². The molecule has 0 aliphatic rings. The van der Waals surface area contributed by atoms with Gasteiger partial charge < -0.3 is 9.88 Å². The quantitative estimate of drug-likeness (QED) is 0.507. The van der Waals surface area contributed by atoms with E-state index in [1.54, 1.807) is 12.4 Å². The first-order chi connectivity index (χ1) is 12.6. The molecule has 3 N–H and O–H groups in total. The molecular weight excluding hydrogens is 332 g/mol.